The Bertz CT molecular complexity index is 935. The van der Waals surface area contributed by atoms with Gasteiger partial charge in [-0.25, -0.2) is 0 Å². The van der Waals surface area contributed by atoms with Gasteiger partial charge in [0.05, 0.1) is 13.0 Å². The molecule has 0 aromatic heterocycles. The maximum atomic E-state index is 12.4. The maximum absolute atomic E-state index is 12.4. The molecule has 0 spiro atoms. The van der Waals surface area contributed by atoms with Crippen LogP contribution in [0.3, 0.4) is 0 Å². The molecule has 3 rings (SSSR count). The predicted octanol–water partition coefficient (Wildman–Crippen LogP) is 4.29. The van der Waals surface area contributed by atoms with Crippen molar-refractivity contribution in [2.75, 3.05) is 11.9 Å². The van der Waals surface area contributed by atoms with Crippen LogP contribution in [0.4, 0.5) is 5.69 Å². The van der Waals surface area contributed by atoms with Gasteiger partial charge >= 0.3 is 0 Å². The van der Waals surface area contributed by atoms with Gasteiger partial charge in [0, 0.05) is 11.8 Å². The fourth-order valence-electron chi connectivity index (χ4n) is 2.78. The first kappa shape index (κ1) is 17.9. The fraction of sp³-hybridized carbons (Fsp3) is 0.143. The summed E-state index contributed by atoms with van der Waals surface area (Å²) >= 11 is 5.25. The third-order valence-corrected chi connectivity index (χ3v) is 4.09. The van der Waals surface area contributed by atoms with Crippen molar-refractivity contribution < 1.29 is 9.53 Å². The van der Waals surface area contributed by atoms with Crippen LogP contribution < -0.4 is 15.4 Å². The Morgan fingerprint density at radius 2 is 1.81 bits per heavy atom. The molecule has 0 aliphatic heterocycles. The molecule has 3 aromatic rings. The third-order valence-electron chi connectivity index (χ3n) is 3.89. The molecule has 0 aliphatic carbocycles. The van der Waals surface area contributed by atoms with E-state index in [1.165, 1.54) is 0 Å². The molecule has 0 atom stereocenters. The molecule has 0 fully saturated rings. The van der Waals surface area contributed by atoms with Gasteiger partial charge in [0.25, 0.3) is 0 Å². The lowest BCUT2D eigenvalue weighted by molar-refractivity contribution is -0.119. The van der Waals surface area contributed by atoms with Crippen LogP contribution in [0.5, 0.6) is 5.75 Å². The Labute approximate surface area is 158 Å². The summed E-state index contributed by atoms with van der Waals surface area (Å²) in [5.41, 5.74) is 1.74. The summed E-state index contributed by atoms with van der Waals surface area (Å²) < 4.78 is 5.46. The predicted molar refractivity (Wildman–Crippen MR) is 110 cm³/mol. The Balaban J connectivity index is 1.62. The van der Waals surface area contributed by atoms with Crippen molar-refractivity contribution >= 4 is 39.7 Å². The van der Waals surface area contributed by atoms with Gasteiger partial charge in [-0.2, -0.15) is 0 Å². The molecule has 2 N–H and O–H groups in total. The van der Waals surface area contributed by atoms with E-state index in [2.05, 4.69) is 10.6 Å². The lowest BCUT2D eigenvalue weighted by Gasteiger charge is -2.11. The van der Waals surface area contributed by atoms with Crippen LogP contribution >= 0.6 is 12.2 Å². The highest BCUT2D eigenvalue weighted by Gasteiger charge is 2.09. The molecule has 4 nitrogen and oxygen atoms in total. The highest BCUT2D eigenvalue weighted by molar-refractivity contribution is 7.80. The summed E-state index contributed by atoms with van der Waals surface area (Å²) in [6.45, 7) is 2.52. The van der Waals surface area contributed by atoms with Crippen molar-refractivity contribution in [3.63, 3.8) is 0 Å². The number of rotatable bonds is 5. The first-order chi connectivity index (χ1) is 12.7. The summed E-state index contributed by atoms with van der Waals surface area (Å²) in [6, 6.07) is 21.4. The van der Waals surface area contributed by atoms with E-state index >= 15 is 0 Å². The first-order valence-corrected chi connectivity index (χ1v) is 8.87. The summed E-state index contributed by atoms with van der Waals surface area (Å²) in [6.07, 6.45) is 0.266. The summed E-state index contributed by atoms with van der Waals surface area (Å²) in [7, 11) is 0. The van der Waals surface area contributed by atoms with Crippen LogP contribution in [0.1, 0.15) is 12.5 Å². The largest absolute Gasteiger partial charge is 0.494 e. The Morgan fingerprint density at radius 1 is 1.04 bits per heavy atom. The van der Waals surface area contributed by atoms with E-state index in [4.69, 9.17) is 17.0 Å². The molecular weight excluding hydrogens is 344 g/mol. The van der Waals surface area contributed by atoms with Gasteiger partial charge in [-0.05, 0) is 47.6 Å². The van der Waals surface area contributed by atoms with Crippen LogP contribution in [-0.4, -0.2) is 17.6 Å². The van der Waals surface area contributed by atoms with E-state index in [1.54, 1.807) is 0 Å². The number of hydrogen-bond donors (Lipinski definition) is 2. The number of carbonyl (C=O) groups excluding carboxylic acids is 1. The maximum Gasteiger partial charge on any atom is 0.230 e. The molecule has 26 heavy (non-hydrogen) atoms. The van der Waals surface area contributed by atoms with E-state index in [0.717, 1.165) is 27.8 Å². The number of fused-ring (bicyclic) bond motifs is 1. The molecule has 5 heteroatoms. The van der Waals surface area contributed by atoms with Gasteiger partial charge in [0.2, 0.25) is 5.91 Å². The van der Waals surface area contributed by atoms with Crippen molar-refractivity contribution in [2.45, 2.75) is 13.3 Å². The van der Waals surface area contributed by atoms with Gasteiger partial charge in [-0.3, -0.25) is 4.79 Å². The molecule has 0 unspecified atom stereocenters. The van der Waals surface area contributed by atoms with Crippen molar-refractivity contribution in [3.05, 3.63) is 72.3 Å². The Hall–Kier alpha value is -2.92. The van der Waals surface area contributed by atoms with Gasteiger partial charge in [-0.1, -0.05) is 48.5 Å². The average molecular weight is 364 g/mol. The number of carbonyl (C=O) groups is 1. The zero-order valence-electron chi connectivity index (χ0n) is 14.5. The highest BCUT2D eigenvalue weighted by atomic mass is 32.1. The number of thiocarbonyl (C=S) groups is 1. The second-order valence-electron chi connectivity index (χ2n) is 5.78. The Kier molecular flexibility index (Phi) is 5.81. The Morgan fingerprint density at radius 3 is 2.65 bits per heavy atom. The molecule has 0 saturated carbocycles. The zero-order valence-corrected chi connectivity index (χ0v) is 15.3. The summed E-state index contributed by atoms with van der Waals surface area (Å²) in [5, 5.41) is 8.21. The number of benzene rings is 3. The molecule has 0 saturated heterocycles. The van der Waals surface area contributed by atoms with E-state index < -0.39 is 0 Å². The standard InChI is InChI=1S/C21H20N2O2S/c1-2-25-18-11-6-10-17(14-18)22-21(26)23-20(24)13-16-9-5-8-15-7-3-4-12-19(15)16/h3-12,14H,2,13H2,1H3,(H2,22,23,24,26). The fourth-order valence-corrected chi connectivity index (χ4v) is 3.01. The molecular formula is C21H20N2O2S. The van der Waals surface area contributed by atoms with Crippen molar-refractivity contribution in [3.8, 4) is 5.75 Å². The SMILES string of the molecule is CCOc1cccc(NC(=S)NC(=O)Cc2cccc3ccccc23)c1. The normalized spacial score (nSPS) is 10.3. The van der Waals surface area contributed by atoms with E-state index in [-0.39, 0.29) is 17.4 Å². The van der Waals surface area contributed by atoms with Crippen LogP contribution in [-0.2, 0) is 11.2 Å². The van der Waals surface area contributed by atoms with Crippen molar-refractivity contribution in [1.82, 2.24) is 5.32 Å². The lowest BCUT2D eigenvalue weighted by atomic mass is 10.0. The monoisotopic (exact) mass is 364 g/mol. The molecule has 0 aliphatic rings. The molecule has 1 amide bonds. The highest BCUT2D eigenvalue weighted by Crippen LogP contribution is 2.19. The number of nitrogens with one attached hydrogen (secondary N) is 2. The van der Waals surface area contributed by atoms with E-state index in [1.807, 2.05) is 73.7 Å². The topological polar surface area (TPSA) is 50.4 Å². The molecule has 3 aromatic carbocycles. The van der Waals surface area contributed by atoms with Gasteiger partial charge in [0.1, 0.15) is 5.75 Å². The van der Waals surface area contributed by atoms with Crippen molar-refractivity contribution in [2.24, 2.45) is 0 Å². The minimum Gasteiger partial charge on any atom is -0.494 e. The quantitative estimate of drug-likeness (QED) is 0.663. The number of ether oxygens (including phenoxy) is 1. The van der Waals surface area contributed by atoms with Crippen LogP contribution in [0.2, 0.25) is 0 Å². The van der Waals surface area contributed by atoms with Crippen LogP contribution in [0.25, 0.3) is 10.8 Å². The number of anilines is 1. The zero-order chi connectivity index (χ0) is 18.4. The minimum absolute atomic E-state index is 0.153. The molecule has 0 radical (unpaired) electrons. The smallest absolute Gasteiger partial charge is 0.230 e. The van der Waals surface area contributed by atoms with E-state index in [0.29, 0.717) is 6.61 Å². The third kappa shape index (κ3) is 4.58. The molecule has 132 valence electrons. The summed E-state index contributed by atoms with van der Waals surface area (Å²) in [4.78, 5) is 12.4. The minimum atomic E-state index is -0.153. The summed E-state index contributed by atoms with van der Waals surface area (Å²) in [5.74, 6) is 0.599. The number of amides is 1. The molecule has 0 bridgehead atoms. The average Bonchev–Trinajstić information content (AvgIpc) is 2.62. The second-order valence-corrected chi connectivity index (χ2v) is 6.19. The van der Waals surface area contributed by atoms with E-state index in [9.17, 15) is 4.79 Å². The van der Waals surface area contributed by atoms with Gasteiger partial charge in [-0.15, -0.1) is 0 Å². The first-order valence-electron chi connectivity index (χ1n) is 8.46. The number of hydrogen-bond acceptors (Lipinski definition) is 3. The van der Waals surface area contributed by atoms with Gasteiger partial charge in [0.15, 0.2) is 5.11 Å². The van der Waals surface area contributed by atoms with Crippen LogP contribution in [0, 0.1) is 0 Å². The lowest BCUT2D eigenvalue weighted by Crippen LogP contribution is -2.35. The molecule has 0 heterocycles. The second kappa shape index (κ2) is 8.45. The van der Waals surface area contributed by atoms with Crippen LogP contribution in [0.15, 0.2) is 66.7 Å². The van der Waals surface area contributed by atoms with Gasteiger partial charge < -0.3 is 15.4 Å². The van der Waals surface area contributed by atoms with Crippen molar-refractivity contribution in [1.29, 1.82) is 0 Å².